The van der Waals surface area contributed by atoms with E-state index >= 15 is 0 Å². The van der Waals surface area contributed by atoms with E-state index in [0.29, 0.717) is 6.54 Å². The minimum atomic E-state index is -0.0387. The Morgan fingerprint density at radius 1 is 1.50 bits per heavy atom. The van der Waals surface area contributed by atoms with E-state index in [1.54, 1.807) is 0 Å². The summed E-state index contributed by atoms with van der Waals surface area (Å²) in [6.45, 7) is 4.01. The molecule has 0 saturated carbocycles. The standard InChI is InChI=1S/C7H11N3OS/c1-3-6-9-10-7(12-6)4-8-5(2)11/h3-4H2,1-2H3,(H,8,11). The molecule has 4 nitrogen and oxygen atoms in total. The summed E-state index contributed by atoms with van der Waals surface area (Å²) in [5.41, 5.74) is 0. The maximum Gasteiger partial charge on any atom is 0.217 e. The molecule has 0 unspecified atom stereocenters. The van der Waals surface area contributed by atoms with Crippen LogP contribution in [0.15, 0.2) is 0 Å². The smallest absolute Gasteiger partial charge is 0.217 e. The van der Waals surface area contributed by atoms with Crippen LogP contribution < -0.4 is 5.32 Å². The Morgan fingerprint density at radius 3 is 2.67 bits per heavy atom. The average molecular weight is 185 g/mol. The average Bonchev–Trinajstić information content (AvgIpc) is 2.48. The largest absolute Gasteiger partial charge is 0.350 e. The van der Waals surface area contributed by atoms with E-state index in [0.717, 1.165) is 16.4 Å². The minimum absolute atomic E-state index is 0.0387. The molecule has 0 atom stereocenters. The first kappa shape index (κ1) is 9.12. The number of rotatable bonds is 3. The van der Waals surface area contributed by atoms with Crippen LogP contribution >= 0.6 is 11.3 Å². The lowest BCUT2D eigenvalue weighted by molar-refractivity contribution is -0.119. The Bertz CT molecular complexity index is 271. The van der Waals surface area contributed by atoms with Crippen LogP contribution in [-0.4, -0.2) is 16.1 Å². The number of nitrogens with one attached hydrogen (secondary N) is 1. The molecule has 0 spiro atoms. The maximum absolute atomic E-state index is 10.5. The monoisotopic (exact) mass is 185 g/mol. The lowest BCUT2D eigenvalue weighted by atomic mass is 10.5. The van der Waals surface area contributed by atoms with Gasteiger partial charge in [0.25, 0.3) is 0 Å². The van der Waals surface area contributed by atoms with Gasteiger partial charge in [-0.25, -0.2) is 0 Å². The van der Waals surface area contributed by atoms with Crippen LogP contribution in [0.5, 0.6) is 0 Å². The summed E-state index contributed by atoms with van der Waals surface area (Å²) in [5, 5.41) is 12.4. The van der Waals surface area contributed by atoms with Crippen LogP contribution in [0.1, 0.15) is 23.9 Å². The van der Waals surface area contributed by atoms with Crippen molar-refractivity contribution in [2.45, 2.75) is 26.8 Å². The third kappa shape index (κ3) is 2.58. The first-order valence-corrected chi connectivity index (χ1v) is 4.59. The highest BCUT2D eigenvalue weighted by molar-refractivity contribution is 7.11. The van der Waals surface area contributed by atoms with Crippen LogP contribution in [0.2, 0.25) is 0 Å². The van der Waals surface area contributed by atoms with E-state index in [-0.39, 0.29) is 5.91 Å². The second-order valence-electron chi connectivity index (χ2n) is 2.35. The van der Waals surface area contributed by atoms with Gasteiger partial charge in [0.1, 0.15) is 10.0 Å². The summed E-state index contributed by atoms with van der Waals surface area (Å²) in [6, 6.07) is 0. The third-order valence-electron chi connectivity index (χ3n) is 1.30. The highest BCUT2D eigenvalue weighted by Gasteiger charge is 2.01. The van der Waals surface area contributed by atoms with Crippen LogP contribution in [0.25, 0.3) is 0 Å². The SMILES string of the molecule is CCc1nnc(CNC(C)=O)s1. The number of aryl methyl sites for hydroxylation is 1. The lowest BCUT2D eigenvalue weighted by Crippen LogP contribution is -2.18. The zero-order chi connectivity index (χ0) is 8.97. The van der Waals surface area contributed by atoms with Gasteiger partial charge in [0, 0.05) is 6.92 Å². The highest BCUT2D eigenvalue weighted by atomic mass is 32.1. The molecule has 0 saturated heterocycles. The summed E-state index contributed by atoms with van der Waals surface area (Å²) in [6.07, 6.45) is 0.901. The van der Waals surface area contributed by atoms with Gasteiger partial charge in [-0.05, 0) is 6.42 Å². The van der Waals surface area contributed by atoms with E-state index in [1.807, 2.05) is 6.92 Å². The van der Waals surface area contributed by atoms with Gasteiger partial charge in [-0.1, -0.05) is 18.3 Å². The van der Waals surface area contributed by atoms with Crippen LogP contribution in [0.3, 0.4) is 0 Å². The second kappa shape index (κ2) is 4.15. The second-order valence-corrected chi connectivity index (χ2v) is 3.50. The molecule has 0 aliphatic heterocycles. The van der Waals surface area contributed by atoms with Gasteiger partial charge in [0.05, 0.1) is 6.54 Å². The summed E-state index contributed by atoms with van der Waals surface area (Å²) >= 11 is 1.54. The van der Waals surface area contributed by atoms with Crippen LogP contribution in [-0.2, 0) is 17.8 Å². The Kier molecular flexibility index (Phi) is 3.16. The topological polar surface area (TPSA) is 54.9 Å². The first-order valence-electron chi connectivity index (χ1n) is 3.78. The number of nitrogens with zero attached hydrogens (tertiary/aromatic N) is 2. The molecule has 1 heterocycles. The van der Waals surface area contributed by atoms with E-state index in [4.69, 9.17) is 0 Å². The molecule has 0 fully saturated rings. The lowest BCUT2D eigenvalue weighted by Gasteiger charge is -1.94. The predicted molar refractivity (Wildman–Crippen MR) is 46.8 cm³/mol. The predicted octanol–water partition coefficient (Wildman–Crippen LogP) is 0.737. The zero-order valence-corrected chi connectivity index (χ0v) is 7.94. The third-order valence-corrected chi connectivity index (χ3v) is 2.37. The fraction of sp³-hybridized carbons (Fsp3) is 0.571. The van der Waals surface area contributed by atoms with Crippen molar-refractivity contribution in [3.63, 3.8) is 0 Å². The minimum Gasteiger partial charge on any atom is -0.350 e. The molecule has 0 aliphatic carbocycles. The van der Waals surface area contributed by atoms with E-state index in [2.05, 4.69) is 15.5 Å². The summed E-state index contributed by atoms with van der Waals surface area (Å²) < 4.78 is 0. The summed E-state index contributed by atoms with van der Waals surface area (Å²) in [4.78, 5) is 10.5. The number of carbonyl (C=O) groups is 1. The molecule has 0 bridgehead atoms. The number of aromatic nitrogens is 2. The number of amides is 1. The van der Waals surface area contributed by atoms with E-state index in [1.165, 1.54) is 18.3 Å². The molecule has 1 aromatic rings. The molecule has 0 aromatic carbocycles. The fourth-order valence-corrected chi connectivity index (χ4v) is 1.43. The Hall–Kier alpha value is -0.970. The molecule has 1 N–H and O–H groups in total. The van der Waals surface area contributed by atoms with Crippen LogP contribution in [0, 0.1) is 0 Å². The Labute approximate surface area is 75.0 Å². The first-order chi connectivity index (χ1) is 5.72. The van der Waals surface area contributed by atoms with Crippen molar-refractivity contribution in [1.82, 2.24) is 15.5 Å². The molecular weight excluding hydrogens is 174 g/mol. The van der Waals surface area contributed by atoms with Crippen molar-refractivity contribution in [3.8, 4) is 0 Å². The molecule has 0 aliphatic rings. The van der Waals surface area contributed by atoms with Crippen LogP contribution in [0.4, 0.5) is 0 Å². The molecule has 1 amide bonds. The van der Waals surface area contributed by atoms with Gasteiger partial charge in [-0.3, -0.25) is 4.79 Å². The van der Waals surface area contributed by atoms with Crippen molar-refractivity contribution in [3.05, 3.63) is 10.0 Å². The highest BCUT2D eigenvalue weighted by Crippen LogP contribution is 2.09. The van der Waals surface area contributed by atoms with Crippen molar-refractivity contribution in [1.29, 1.82) is 0 Å². The van der Waals surface area contributed by atoms with Gasteiger partial charge < -0.3 is 5.32 Å². The molecule has 1 aromatic heterocycles. The van der Waals surface area contributed by atoms with Gasteiger partial charge in [0.15, 0.2) is 0 Å². The van der Waals surface area contributed by atoms with Gasteiger partial charge in [-0.2, -0.15) is 0 Å². The van der Waals surface area contributed by atoms with Gasteiger partial charge in [-0.15, -0.1) is 10.2 Å². The van der Waals surface area contributed by atoms with Gasteiger partial charge in [0.2, 0.25) is 5.91 Å². The number of carbonyl (C=O) groups excluding carboxylic acids is 1. The Balaban J connectivity index is 2.47. The van der Waals surface area contributed by atoms with E-state index in [9.17, 15) is 4.79 Å². The quantitative estimate of drug-likeness (QED) is 0.755. The van der Waals surface area contributed by atoms with Gasteiger partial charge >= 0.3 is 0 Å². The number of hydrogen-bond acceptors (Lipinski definition) is 4. The molecular formula is C7H11N3OS. The number of hydrogen-bond donors (Lipinski definition) is 1. The molecule has 12 heavy (non-hydrogen) atoms. The fourth-order valence-electron chi connectivity index (χ4n) is 0.703. The zero-order valence-electron chi connectivity index (χ0n) is 7.13. The summed E-state index contributed by atoms with van der Waals surface area (Å²) in [7, 11) is 0. The van der Waals surface area contributed by atoms with Crippen molar-refractivity contribution < 1.29 is 4.79 Å². The van der Waals surface area contributed by atoms with Crippen molar-refractivity contribution >= 4 is 17.2 Å². The Morgan fingerprint density at radius 2 is 2.17 bits per heavy atom. The van der Waals surface area contributed by atoms with Crippen molar-refractivity contribution in [2.24, 2.45) is 0 Å². The molecule has 5 heteroatoms. The maximum atomic E-state index is 10.5. The molecule has 66 valence electrons. The normalized spacial score (nSPS) is 9.83. The summed E-state index contributed by atoms with van der Waals surface area (Å²) in [5.74, 6) is -0.0387. The molecule has 1 rings (SSSR count). The molecule has 0 radical (unpaired) electrons. The van der Waals surface area contributed by atoms with Crippen molar-refractivity contribution in [2.75, 3.05) is 0 Å². The van der Waals surface area contributed by atoms with E-state index < -0.39 is 0 Å².